The Morgan fingerprint density at radius 3 is 1.93 bits per heavy atom. The molecule has 3 N–H and O–H groups in total. The molecule has 0 bridgehead atoms. The minimum atomic E-state index is -0.550. The molecule has 9 nitrogen and oxygen atoms in total. The molecule has 0 saturated carbocycles. The number of guanidine groups is 1. The average molecular weight is 402 g/mol. The van der Waals surface area contributed by atoms with Gasteiger partial charge in [-0.1, -0.05) is 0 Å². The van der Waals surface area contributed by atoms with Crippen molar-refractivity contribution in [1.82, 2.24) is 20.9 Å². The largest absolute Gasteiger partial charge is 0.444 e. The van der Waals surface area contributed by atoms with Crippen LogP contribution >= 0.6 is 0 Å². The molecule has 0 saturated heterocycles. The Morgan fingerprint density at radius 2 is 1.46 bits per heavy atom. The maximum Gasteiger partial charge on any atom is 0.410 e. The fourth-order valence-corrected chi connectivity index (χ4v) is 1.92. The van der Waals surface area contributed by atoms with Crippen molar-refractivity contribution in [3.63, 3.8) is 0 Å². The van der Waals surface area contributed by atoms with Crippen LogP contribution in [0.5, 0.6) is 0 Å². The zero-order chi connectivity index (χ0) is 22.2. The standard InChI is InChI=1S/C19H39N5O4/c1-17(2,3)27-15(25)23-19(7,8)13-22-14(20-9)21-11-12-24(10)16(26)28-18(4,5)6/h11-13H2,1-10H3,(H,23,25)(H2,20,21,22). The molecule has 0 atom stereocenters. The monoisotopic (exact) mass is 401 g/mol. The van der Waals surface area contributed by atoms with Crippen LogP contribution in [-0.2, 0) is 9.47 Å². The SMILES string of the molecule is CN=C(NCCN(C)C(=O)OC(C)(C)C)NCC(C)(C)NC(=O)OC(C)(C)C. The van der Waals surface area contributed by atoms with E-state index < -0.39 is 22.8 Å². The Kier molecular flexibility index (Phi) is 9.57. The number of carbonyl (C=O) groups is 2. The molecule has 0 radical (unpaired) electrons. The van der Waals surface area contributed by atoms with E-state index in [2.05, 4.69) is 20.9 Å². The van der Waals surface area contributed by atoms with Crippen LogP contribution in [0, 0.1) is 0 Å². The summed E-state index contributed by atoms with van der Waals surface area (Å²) in [4.78, 5) is 29.5. The Labute approximate surface area is 169 Å². The minimum absolute atomic E-state index is 0.375. The maximum atomic E-state index is 11.9. The van der Waals surface area contributed by atoms with Gasteiger partial charge in [-0.2, -0.15) is 0 Å². The van der Waals surface area contributed by atoms with Gasteiger partial charge in [-0.3, -0.25) is 4.99 Å². The molecular weight excluding hydrogens is 362 g/mol. The van der Waals surface area contributed by atoms with E-state index in [0.29, 0.717) is 25.6 Å². The van der Waals surface area contributed by atoms with Gasteiger partial charge in [0.15, 0.2) is 5.96 Å². The molecule has 0 aromatic rings. The Hall–Kier alpha value is -2.19. The third-order valence-electron chi connectivity index (χ3n) is 3.21. The lowest BCUT2D eigenvalue weighted by Gasteiger charge is -2.29. The molecule has 0 aromatic carbocycles. The molecule has 0 aliphatic rings. The van der Waals surface area contributed by atoms with Gasteiger partial charge in [0.25, 0.3) is 0 Å². The number of nitrogens with zero attached hydrogens (tertiary/aromatic N) is 2. The van der Waals surface area contributed by atoms with Gasteiger partial charge >= 0.3 is 12.2 Å². The van der Waals surface area contributed by atoms with Crippen molar-refractivity contribution in [2.75, 3.05) is 33.7 Å². The number of amides is 2. The van der Waals surface area contributed by atoms with Crippen LogP contribution in [0.1, 0.15) is 55.4 Å². The Morgan fingerprint density at radius 1 is 0.929 bits per heavy atom. The molecule has 2 amide bonds. The fraction of sp³-hybridized carbons (Fsp3) is 0.842. The summed E-state index contributed by atoms with van der Waals surface area (Å²) in [5.41, 5.74) is -1.62. The van der Waals surface area contributed by atoms with Crippen LogP contribution in [0.4, 0.5) is 9.59 Å². The molecular formula is C19H39N5O4. The van der Waals surface area contributed by atoms with Gasteiger partial charge in [-0.25, -0.2) is 9.59 Å². The lowest BCUT2D eigenvalue weighted by Crippen LogP contribution is -2.54. The predicted octanol–water partition coefficient (Wildman–Crippen LogP) is 2.32. The Bertz CT molecular complexity index is 548. The van der Waals surface area contributed by atoms with Gasteiger partial charge in [-0.15, -0.1) is 0 Å². The summed E-state index contributed by atoms with van der Waals surface area (Å²) in [6.07, 6.45) is -0.846. The number of nitrogens with one attached hydrogen (secondary N) is 3. The highest BCUT2D eigenvalue weighted by Gasteiger charge is 2.25. The topological polar surface area (TPSA) is 104 Å². The number of aliphatic imine (C=N–C) groups is 1. The summed E-state index contributed by atoms with van der Waals surface area (Å²) in [6, 6.07) is 0. The van der Waals surface area contributed by atoms with E-state index in [1.165, 1.54) is 4.90 Å². The second-order valence-corrected chi connectivity index (χ2v) is 9.27. The molecule has 9 heteroatoms. The molecule has 0 aromatic heterocycles. The van der Waals surface area contributed by atoms with Crippen LogP contribution in [0.3, 0.4) is 0 Å². The van der Waals surface area contributed by atoms with Crippen molar-refractivity contribution in [1.29, 1.82) is 0 Å². The van der Waals surface area contributed by atoms with Gasteiger partial charge in [0.05, 0.1) is 5.54 Å². The summed E-state index contributed by atoms with van der Waals surface area (Å²) in [5, 5.41) is 9.11. The van der Waals surface area contributed by atoms with Crippen molar-refractivity contribution in [2.45, 2.75) is 72.1 Å². The summed E-state index contributed by atoms with van der Waals surface area (Å²) in [7, 11) is 3.33. The molecule has 0 aliphatic carbocycles. The molecule has 0 unspecified atom stereocenters. The van der Waals surface area contributed by atoms with E-state index in [-0.39, 0.29) is 6.09 Å². The summed E-state index contributed by atoms with van der Waals surface area (Å²) in [5.74, 6) is 0.566. The number of likely N-dealkylation sites (N-methyl/N-ethyl adjacent to an activating group) is 1. The highest BCUT2D eigenvalue weighted by molar-refractivity contribution is 5.80. The first-order valence-electron chi connectivity index (χ1n) is 9.44. The quantitative estimate of drug-likeness (QED) is 0.466. The fourth-order valence-electron chi connectivity index (χ4n) is 1.92. The summed E-state index contributed by atoms with van der Waals surface area (Å²) in [6.45, 7) is 16.1. The molecule has 28 heavy (non-hydrogen) atoms. The third kappa shape index (κ3) is 13.1. The zero-order valence-corrected chi connectivity index (χ0v) is 19.1. The third-order valence-corrected chi connectivity index (χ3v) is 3.21. The van der Waals surface area contributed by atoms with E-state index in [1.807, 2.05) is 55.4 Å². The van der Waals surface area contributed by atoms with E-state index in [9.17, 15) is 9.59 Å². The van der Waals surface area contributed by atoms with Gasteiger partial charge in [0.2, 0.25) is 0 Å². The summed E-state index contributed by atoms with van der Waals surface area (Å²) >= 11 is 0. The molecule has 164 valence electrons. The molecule has 0 rings (SSSR count). The van der Waals surface area contributed by atoms with Crippen molar-refractivity contribution < 1.29 is 19.1 Å². The number of rotatable bonds is 6. The smallest absolute Gasteiger partial charge is 0.410 e. The van der Waals surface area contributed by atoms with Crippen LogP contribution in [-0.4, -0.2) is 73.5 Å². The Balaban J connectivity index is 4.38. The van der Waals surface area contributed by atoms with Gasteiger partial charge in [0, 0.05) is 33.7 Å². The highest BCUT2D eigenvalue weighted by atomic mass is 16.6. The van der Waals surface area contributed by atoms with Crippen molar-refractivity contribution in [2.24, 2.45) is 4.99 Å². The number of ether oxygens (including phenoxy) is 2. The lowest BCUT2D eigenvalue weighted by molar-refractivity contribution is 0.0301. The van der Waals surface area contributed by atoms with Crippen LogP contribution in [0.25, 0.3) is 0 Å². The number of hydrogen-bond donors (Lipinski definition) is 3. The second-order valence-electron chi connectivity index (χ2n) is 9.27. The van der Waals surface area contributed by atoms with E-state index in [0.717, 1.165) is 0 Å². The highest BCUT2D eigenvalue weighted by Crippen LogP contribution is 2.09. The summed E-state index contributed by atoms with van der Waals surface area (Å²) < 4.78 is 10.6. The number of alkyl carbamates (subject to hydrolysis) is 1. The average Bonchev–Trinajstić information content (AvgIpc) is 2.45. The predicted molar refractivity (Wildman–Crippen MR) is 112 cm³/mol. The lowest BCUT2D eigenvalue weighted by atomic mass is 10.1. The van der Waals surface area contributed by atoms with E-state index in [1.54, 1.807) is 14.1 Å². The number of hydrogen-bond acceptors (Lipinski definition) is 5. The molecule has 0 heterocycles. The van der Waals surface area contributed by atoms with E-state index >= 15 is 0 Å². The van der Waals surface area contributed by atoms with Gasteiger partial charge < -0.3 is 30.3 Å². The minimum Gasteiger partial charge on any atom is -0.444 e. The zero-order valence-electron chi connectivity index (χ0n) is 19.1. The van der Waals surface area contributed by atoms with E-state index in [4.69, 9.17) is 9.47 Å². The number of carbonyl (C=O) groups excluding carboxylic acids is 2. The second kappa shape index (κ2) is 10.4. The molecule has 0 fully saturated rings. The first-order chi connectivity index (χ1) is 12.5. The van der Waals surface area contributed by atoms with Crippen LogP contribution in [0.2, 0.25) is 0 Å². The van der Waals surface area contributed by atoms with Crippen molar-refractivity contribution in [3.8, 4) is 0 Å². The van der Waals surface area contributed by atoms with Gasteiger partial charge in [-0.05, 0) is 55.4 Å². The first-order valence-corrected chi connectivity index (χ1v) is 9.44. The van der Waals surface area contributed by atoms with Crippen LogP contribution in [0.15, 0.2) is 4.99 Å². The normalized spacial score (nSPS) is 12.9. The molecule has 0 spiro atoms. The van der Waals surface area contributed by atoms with Crippen LogP contribution < -0.4 is 16.0 Å². The molecule has 0 aliphatic heterocycles. The van der Waals surface area contributed by atoms with Crippen molar-refractivity contribution >= 4 is 18.1 Å². The maximum absolute atomic E-state index is 11.9. The van der Waals surface area contributed by atoms with Gasteiger partial charge in [0.1, 0.15) is 11.2 Å². The van der Waals surface area contributed by atoms with Crippen molar-refractivity contribution in [3.05, 3.63) is 0 Å². The first kappa shape index (κ1) is 25.8.